The van der Waals surface area contributed by atoms with Crippen LogP contribution in [0.4, 0.5) is 5.82 Å². The normalized spacial score (nSPS) is 31.2. The van der Waals surface area contributed by atoms with Crippen LogP contribution in [0.15, 0.2) is 22.9 Å². The number of carbonyl (C=O) groups excluding carboxylic acids is 1. The van der Waals surface area contributed by atoms with Crippen molar-refractivity contribution in [3.8, 4) is 0 Å². The van der Waals surface area contributed by atoms with Crippen LogP contribution < -0.4 is 0 Å². The number of aryl methyl sites for hydroxylation is 1. The van der Waals surface area contributed by atoms with Crippen molar-refractivity contribution in [1.82, 2.24) is 24.5 Å². The lowest BCUT2D eigenvalue weighted by Crippen LogP contribution is -2.57. The van der Waals surface area contributed by atoms with Crippen LogP contribution in [0, 0.1) is 27.4 Å². The molecular weight excluding hydrogens is 464 g/mol. The van der Waals surface area contributed by atoms with Gasteiger partial charge in [-0.2, -0.15) is 9.78 Å². The molecule has 4 saturated carbocycles. The van der Waals surface area contributed by atoms with Crippen molar-refractivity contribution in [2.75, 3.05) is 7.05 Å². The Hall–Kier alpha value is -2.23. The summed E-state index contributed by atoms with van der Waals surface area (Å²) in [5.41, 5.74) is 0.613. The molecule has 2 atom stereocenters. The first-order valence-corrected chi connectivity index (χ1v) is 11.6. The van der Waals surface area contributed by atoms with E-state index in [1.54, 1.807) is 15.8 Å². The van der Waals surface area contributed by atoms with E-state index in [1.165, 1.54) is 6.42 Å². The molecule has 31 heavy (non-hydrogen) atoms. The number of carbonyl (C=O) groups is 1. The first-order chi connectivity index (χ1) is 14.7. The molecule has 4 aliphatic carbocycles. The zero-order valence-corrected chi connectivity index (χ0v) is 19.4. The fourth-order valence-corrected chi connectivity index (χ4v) is 7.34. The Labute approximate surface area is 189 Å². The van der Waals surface area contributed by atoms with Crippen molar-refractivity contribution in [2.45, 2.75) is 57.0 Å². The lowest BCUT2D eigenvalue weighted by molar-refractivity contribution is -0.390. The van der Waals surface area contributed by atoms with E-state index in [-0.39, 0.29) is 22.7 Å². The van der Waals surface area contributed by atoms with Gasteiger partial charge in [0.15, 0.2) is 0 Å². The maximum absolute atomic E-state index is 13.2. The highest BCUT2D eigenvalue weighted by Crippen LogP contribution is 2.65. The zero-order chi connectivity index (χ0) is 22.0. The Morgan fingerprint density at radius 2 is 2.03 bits per heavy atom. The average Bonchev–Trinajstić information content (AvgIpc) is 3.26. The van der Waals surface area contributed by atoms with Gasteiger partial charge in [0.05, 0.1) is 29.1 Å². The van der Waals surface area contributed by atoms with Gasteiger partial charge in [-0.25, -0.2) is 0 Å². The van der Waals surface area contributed by atoms with Gasteiger partial charge in [-0.1, -0.05) is 0 Å². The number of aromatic nitrogens is 4. The minimum Gasteiger partial charge on any atom is -0.358 e. The topological polar surface area (TPSA) is 99.1 Å². The van der Waals surface area contributed by atoms with Gasteiger partial charge in [-0.05, 0) is 82.7 Å². The Morgan fingerprint density at radius 3 is 2.61 bits per heavy atom. The summed E-state index contributed by atoms with van der Waals surface area (Å²) in [4.78, 5) is 25.9. The molecule has 166 valence electrons. The first kappa shape index (κ1) is 20.7. The number of nitrogens with zero attached hydrogens (tertiary/aromatic N) is 6. The molecule has 2 aromatic rings. The Morgan fingerprint density at radius 1 is 1.32 bits per heavy atom. The van der Waals surface area contributed by atoms with Crippen LogP contribution in [0.2, 0.25) is 0 Å². The van der Waals surface area contributed by atoms with Gasteiger partial charge in [0, 0.05) is 26.7 Å². The number of hydrogen-bond donors (Lipinski definition) is 0. The molecule has 2 unspecified atom stereocenters. The van der Waals surface area contributed by atoms with Gasteiger partial charge in [-0.3, -0.25) is 9.48 Å². The predicted octanol–water partition coefficient (Wildman–Crippen LogP) is 3.63. The minimum atomic E-state index is -0.438. The van der Waals surface area contributed by atoms with E-state index < -0.39 is 4.92 Å². The fourth-order valence-electron chi connectivity index (χ4n) is 6.92. The van der Waals surface area contributed by atoms with Crippen molar-refractivity contribution in [3.63, 3.8) is 0 Å². The van der Waals surface area contributed by atoms with Crippen LogP contribution in [-0.4, -0.2) is 42.3 Å². The van der Waals surface area contributed by atoms with E-state index in [2.05, 4.69) is 26.1 Å². The van der Waals surface area contributed by atoms with E-state index in [4.69, 9.17) is 0 Å². The fraction of sp³-hybridized carbons (Fsp3) is 0.667. The summed E-state index contributed by atoms with van der Waals surface area (Å²) in [5, 5.41) is 20.1. The molecule has 2 heterocycles. The molecule has 10 heteroatoms. The van der Waals surface area contributed by atoms with Gasteiger partial charge >= 0.3 is 5.82 Å². The van der Waals surface area contributed by atoms with Gasteiger partial charge in [0.25, 0.3) is 0 Å². The van der Waals surface area contributed by atoms with Crippen LogP contribution in [0.25, 0.3) is 0 Å². The monoisotopic (exact) mass is 490 g/mol. The highest BCUT2D eigenvalue weighted by atomic mass is 79.9. The highest BCUT2D eigenvalue weighted by molar-refractivity contribution is 9.10. The van der Waals surface area contributed by atoms with E-state index in [0.29, 0.717) is 29.3 Å². The molecule has 1 amide bonds. The molecule has 0 saturated heterocycles. The molecule has 4 aliphatic rings. The van der Waals surface area contributed by atoms with Crippen LogP contribution in [0.1, 0.15) is 50.6 Å². The van der Waals surface area contributed by atoms with Crippen molar-refractivity contribution in [2.24, 2.45) is 24.3 Å². The van der Waals surface area contributed by atoms with Crippen molar-refractivity contribution in [3.05, 3.63) is 38.7 Å². The van der Waals surface area contributed by atoms with Gasteiger partial charge < -0.3 is 15.0 Å². The summed E-state index contributed by atoms with van der Waals surface area (Å²) in [5.74, 6) is 1.13. The lowest BCUT2D eigenvalue weighted by Gasteiger charge is -2.61. The largest absolute Gasteiger partial charge is 0.404 e. The smallest absolute Gasteiger partial charge is 0.358 e. The molecule has 2 aromatic heterocycles. The standard InChI is InChI=1S/C21H27BrN6O3/c1-25(11-16-3-4-26(2)23-16)18(29)10-20-6-14-5-15(7-20)9-21(8-14,13-20)27-12-17(22)19(24-27)28(30)31/h3-4,12,14-15H,5-11,13H2,1-2H3. The molecule has 0 aromatic carbocycles. The molecule has 0 spiro atoms. The molecular formula is C21H27BrN6O3. The van der Waals surface area contributed by atoms with E-state index in [0.717, 1.165) is 37.8 Å². The highest BCUT2D eigenvalue weighted by Gasteiger charge is 2.60. The average molecular weight is 491 g/mol. The quantitative estimate of drug-likeness (QED) is 0.454. The molecule has 0 N–H and O–H groups in total. The van der Waals surface area contributed by atoms with Crippen LogP contribution in [-0.2, 0) is 23.9 Å². The predicted molar refractivity (Wildman–Crippen MR) is 116 cm³/mol. The Kier molecular flexibility index (Phi) is 4.76. The summed E-state index contributed by atoms with van der Waals surface area (Å²) < 4.78 is 4.02. The summed E-state index contributed by atoms with van der Waals surface area (Å²) >= 11 is 3.31. The minimum absolute atomic E-state index is 0.0489. The molecule has 0 radical (unpaired) electrons. The molecule has 0 aliphatic heterocycles. The van der Waals surface area contributed by atoms with Crippen molar-refractivity contribution < 1.29 is 9.72 Å². The van der Waals surface area contributed by atoms with Crippen molar-refractivity contribution in [1.29, 1.82) is 0 Å². The number of rotatable bonds is 6. The molecule has 6 rings (SSSR count). The third kappa shape index (κ3) is 3.58. The van der Waals surface area contributed by atoms with E-state index in [1.807, 2.05) is 31.0 Å². The summed E-state index contributed by atoms with van der Waals surface area (Å²) in [6, 6.07) is 1.94. The number of hydrogen-bond acceptors (Lipinski definition) is 5. The second-order valence-electron chi connectivity index (χ2n) is 10.1. The van der Waals surface area contributed by atoms with Gasteiger partial charge in [0.1, 0.15) is 4.47 Å². The first-order valence-electron chi connectivity index (χ1n) is 10.8. The molecule has 9 nitrogen and oxygen atoms in total. The lowest BCUT2D eigenvalue weighted by atomic mass is 9.46. The Bertz CT molecular complexity index is 1030. The maximum Gasteiger partial charge on any atom is 0.404 e. The van der Waals surface area contributed by atoms with Gasteiger partial charge in [0.2, 0.25) is 5.91 Å². The van der Waals surface area contributed by atoms with Crippen molar-refractivity contribution >= 4 is 27.7 Å². The number of nitro groups is 1. The van der Waals surface area contributed by atoms with Crippen LogP contribution in [0.3, 0.4) is 0 Å². The summed E-state index contributed by atoms with van der Waals surface area (Å²) in [6.07, 6.45) is 10.4. The second kappa shape index (κ2) is 7.15. The van der Waals surface area contributed by atoms with E-state index >= 15 is 0 Å². The number of halogens is 1. The third-order valence-corrected chi connectivity index (χ3v) is 8.14. The SMILES string of the molecule is CN(Cc1ccn(C)n1)C(=O)CC12CC3CC(C1)CC(n1cc(Br)c([N+](=O)[O-])n1)(C3)C2. The summed E-state index contributed by atoms with van der Waals surface area (Å²) in [7, 11) is 3.72. The zero-order valence-electron chi connectivity index (χ0n) is 17.8. The molecule has 4 bridgehead atoms. The van der Waals surface area contributed by atoms with Crippen LogP contribution in [0.5, 0.6) is 0 Å². The summed E-state index contributed by atoms with van der Waals surface area (Å²) in [6.45, 7) is 0.506. The third-order valence-electron chi connectivity index (χ3n) is 7.58. The van der Waals surface area contributed by atoms with Gasteiger partial charge in [-0.15, -0.1) is 0 Å². The van der Waals surface area contributed by atoms with E-state index in [9.17, 15) is 14.9 Å². The second-order valence-corrected chi connectivity index (χ2v) is 10.9. The maximum atomic E-state index is 13.2. The number of amides is 1. The van der Waals surface area contributed by atoms with Crippen LogP contribution >= 0.6 is 15.9 Å². The Balaban J connectivity index is 1.38. The molecule has 4 fully saturated rings.